The first-order chi connectivity index (χ1) is 9.69. The predicted molar refractivity (Wildman–Crippen MR) is 74.9 cm³/mol. The maximum Gasteiger partial charge on any atom is 0.322 e. The molecule has 7 nitrogen and oxygen atoms in total. The third kappa shape index (κ3) is 4.19. The summed E-state index contributed by atoms with van der Waals surface area (Å²) in [6, 6.07) is 0.169. The second-order valence-electron chi connectivity index (χ2n) is 4.50. The predicted octanol–water partition coefficient (Wildman–Crippen LogP) is 1.35. The third-order valence-electron chi connectivity index (χ3n) is 2.88. The van der Waals surface area contributed by atoms with E-state index in [4.69, 9.17) is 16.3 Å². The van der Waals surface area contributed by atoms with Crippen LogP contribution in [0.3, 0.4) is 0 Å². The molecule has 0 aromatic carbocycles. The molecule has 1 aromatic rings. The molecule has 0 bridgehead atoms. The molecule has 0 atom stereocenters. The maximum atomic E-state index is 11.9. The van der Waals surface area contributed by atoms with Gasteiger partial charge in [-0.05, 0) is 30.9 Å². The first-order valence-electron chi connectivity index (χ1n) is 6.75. The van der Waals surface area contributed by atoms with Crippen LogP contribution in [0.1, 0.15) is 26.2 Å². The van der Waals surface area contributed by atoms with Crippen LogP contribution >= 0.6 is 11.6 Å². The number of nitrogens with one attached hydrogen (secondary N) is 1. The fraction of sp³-hybridized carbons (Fsp3) is 0.667. The van der Waals surface area contributed by atoms with Gasteiger partial charge in [-0.3, -0.25) is 4.79 Å². The van der Waals surface area contributed by atoms with Crippen LogP contribution in [0.2, 0.25) is 5.28 Å². The number of halogens is 1. The fourth-order valence-corrected chi connectivity index (χ4v) is 2.05. The van der Waals surface area contributed by atoms with Gasteiger partial charge in [0.15, 0.2) is 0 Å². The molecule has 0 radical (unpaired) electrons. The van der Waals surface area contributed by atoms with Gasteiger partial charge in [0.2, 0.25) is 17.1 Å². The summed E-state index contributed by atoms with van der Waals surface area (Å²) < 4.78 is 5.30. The van der Waals surface area contributed by atoms with Gasteiger partial charge in [-0.1, -0.05) is 6.92 Å². The lowest BCUT2D eigenvalue weighted by molar-refractivity contribution is -0.128. The zero-order valence-corrected chi connectivity index (χ0v) is 12.2. The highest BCUT2D eigenvalue weighted by atomic mass is 35.5. The molecule has 1 aliphatic rings. The zero-order valence-electron chi connectivity index (χ0n) is 11.4. The highest BCUT2D eigenvalue weighted by Crippen LogP contribution is 2.12. The van der Waals surface area contributed by atoms with E-state index in [0.717, 1.165) is 32.4 Å². The highest BCUT2D eigenvalue weighted by Gasteiger charge is 2.17. The highest BCUT2D eigenvalue weighted by molar-refractivity contribution is 6.28. The number of hydrogen-bond acceptors (Lipinski definition) is 6. The SMILES string of the molecule is CCCOc1nc(Cl)nc(NCC(=O)N2CCCC2)n1. The average molecular weight is 300 g/mol. The molecule has 1 N–H and O–H groups in total. The van der Waals surface area contributed by atoms with Crippen molar-refractivity contribution in [2.45, 2.75) is 26.2 Å². The molecule has 0 unspecified atom stereocenters. The second kappa shape index (κ2) is 7.23. The molecule has 2 heterocycles. The van der Waals surface area contributed by atoms with E-state index in [9.17, 15) is 4.79 Å². The number of carbonyl (C=O) groups is 1. The summed E-state index contributed by atoms with van der Waals surface area (Å²) in [5.74, 6) is 0.290. The maximum absolute atomic E-state index is 11.9. The summed E-state index contributed by atoms with van der Waals surface area (Å²) in [6.07, 6.45) is 2.98. The van der Waals surface area contributed by atoms with E-state index < -0.39 is 0 Å². The Balaban J connectivity index is 1.91. The molecule has 2 rings (SSSR count). The van der Waals surface area contributed by atoms with Gasteiger partial charge in [0, 0.05) is 13.1 Å². The second-order valence-corrected chi connectivity index (χ2v) is 4.84. The molecular weight excluding hydrogens is 282 g/mol. The van der Waals surface area contributed by atoms with Crippen LogP contribution in [0.4, 0.5) is 5.95 Å². The molecule has 1 aromatic heterocycles. The Bertz CT molecular complexity index is 465. The van der Waals surface area contributed by atoms with Gasteiger partial charge in [0.1, 0.15) is 0 Å². The van der Waals surface area contributed by atoms with Gasteiger partial charge in [0.25, 0.3) is 0 Å². The summed E-state index contributed by atoms with van der Waals surface area (Å²) in [4.78, 5) is 25.6. The Morgan fingerprint density at radius 2 is 2.10 bits per heavy atom. The van der Waals surface area contributed by atoms with Gasteiger partial charge in [-0.25, -0.2) is 0 Å². The quantitative estimate of drug-likeness (QED) is 0.854. The van der Waals surface area contributed by atoms with Gasteiger partial charge in [0.05, 0.1) is 13.2 Å². The van der Waals surface area contributed by atoms with Gasteiger partial charge < -0.3 is 15.0 Å². The van der Waals surface area contributed by atoms with Crippen LogP contribution in [-0.4, -0.2) is 52.0 Å². The number of ether oxygens (including phenoxy) is 1. The molecule has 1 saturated heterocycles. The van der Waals surface area contributed by atoms with E-state index in [1.165, 1.54) is 0 Å². The first-order valence-corrected chi connectivity index (χ1v) is 7.13. The van der Waals surface area contributed by atoms with Crippen molar-refractivity contribution in [1.82, 2.24) is 19.9 Å². The number of aromatic nitrogens is 3. The molecule has 0 aliphatic carbocycles. The number of amides is 1. The van der Waals surface area contributed by atoms with Crippen molar-refractivity contribution in [3.8, 4) is 6.01 Å². The van der Waals surface area contributed by atoms with Crippen molar-refractivity contribution in [3.05, 3.63) is 5.28 Å². The first kappa shape index (κ1) is 14.8. The molecule has 8 heteroatoms. The van der Waals surface area contributed by atoms with Crippen LogP contribution in [0.25, 0.3) is 0 Å². The third-order valence-corrected chi connectivity index (χ3v) is 3.05. The lowest BCUT2D eigenvalue weighted by Crippen LogP contribution is -2.33. The minimum Gasteiger partial charge on any atom is -0.463 e. The van der Waals surface area contributed by atoms with Gasteiger partial charge >= 0.3 is 6.01 Å². The van der Waals surface area contributed by atoms with Crippen molar-refractivity contribution in [2.75, 3.05) is 31.6 Å². The van der Waals surface area contributed by atoms with E-state index in [1.807, 2.05) is 11.8 Å². The Kier molecular flexibility index (Phi) is 5.34. The Labute approximate surface area is 122 Å². The number of hydrogen-bond donors (Lipinski definition) is 1. The molecule has 0 saturated carbocycles. The van der Waals surface area contributed by atoms with Crippen LogP contribution in [-0.2, 0) is 4.79 Å². The van der Waals surface area contributed by atoms with Gasteiger partial charge in [-0.15, -0.1) is 0 Å². The van der Waals surface area contributed by atoms with Crippen LogP contribution in [0.5, 0.6) is 6.01 Å². The number of carbonyl (C=O) groups excluding carboxylic acids is 1. The number of anilines is 1. The number of nitrogens with zero attached hydrogens (tertiary/aromatic N) is 4. The largest absolute Gasteiger partial charge is 0.463 e. The van der Waals surface area contributed by atoms with E-state index >= 15 is 0 Å². The average Bonchev–Trinajstić information content (AvgIpc) is 2.96. The van der Waals surface area contributed by atoms with Crippen LogP contribution < -0.4 is 10.1 Å². The zero-order chi connectivity index (χ0) is 14.4. The molecule has 1 fully saturated rings. The summed E-state index contributed by atoms with van der Waals surface area (Å²) in [6.45, 7) is 4.28. The molecule has 0 spiro atoms. The van der Waals surface area contributed by atoms with Crippen LogP contribution in [0, 0.1) is 0 Å². The van der Waals surface area contributed by atoms with Crippen molar-refractivity contribution in [3.63, 3.8) is 0 Å². The molecule has 110 valence electrons. The van der Waals surface area contributed by atoms with E-state index in [-0.39, 0.29) is 29.7 Å². The fourth-order valence-electron chi connectivity index (χ4n) is 1.90. The smallest absolute Gasteiger partial charge is 0.322 e. The minimum absolute atomic E-state index is 0.0371. The van der Waals surface area contributed by atoms with Gasteiger partial charge in [-0.2, -0.15) is 15.0 Å². The minimum atomic E-state index is 0.0371. The standard InChI is InChI=1S/C12H18ClN5O2/c1-2-7-20-12-16-10(13)15-11(17-12)14-8-9(19)18-5-3-4-6-18/h2-8H2,1H3,(H,14,15,16,17). The lowest BCUT2D eigenvalue weighted by Gasteiger charge is -2.15. The Hall–Kier alpha value is -1.63. The molecular formula is C12H18ClN5O2. The van der Waals surface area contributed by atoms with E-state index in [1.54, 1.807) is 0 Å². The van der Waals surface area contributed by atoms with Crippen molar-refractivity contribution >= 4 is 23.5 Å². The Morgan fingerprint density at radius 3 is 2.80 bits per heavy atom. The van der Waals surface area contributed by atoms with E-state index in [2.05, 4.69) is 20.3 Å². The van der Waals surface area contributed by atoms with Crippen molar-refractivity contribution in [1.29, 1.82) is 0 Å². The topological polar surface area (TPSA) is 80.2 Å². The Morgan fingerprint density at radius 1 is 1.35 bits per heavy atom. The normalized spacial score (nSPS) is 14.4. The molecule has 1 aliphatic heterocycles. The number of likely N-dealkylation sites (tertiary alicyclic amines) is 1. The monoisotopic (exact) mass is 299 g/mol. The summed E-state index contributed by atoms with van der Waals surface area (Å²) in [5.41, 5.74) is 0. The molecule has 20 heavy (non-hydrogen) atoms. The van der Waals surface area contributed by atoms with Crippen LogP contribution in [0.15, 0.2) is 0 Å². The van der Waals surface area contributed by atoms with Crippen molar-refractivity contribution < 1.29 is 9.53 Å². The summed E-state index contributed by atoms with van der Waals surface area (Å²) in [5, 5.41) is 2.90. The number of rotatable bonds is 6. The molecule has 1 amide bonds. The summed E-state index contributed by atoms with van der Waals surface area (Å²) >= 11 is 5.79. The van der Waals surface area contributed by atoms with Crippen molar-refractivity contribution in [2.24, 2.45) is 0 Å². The van der Waals surface area contributed by atoms with E-state index in [0.29, 0.717) is 6.61 Å². The lowest BCUT2D eigenvalue weighted by atomic mass is 10.4. The summed E-state index contributed by atoms with van der Waals surface area (Å²) in [7, 11) is 0.